The topological polar surface area (TPSA) is 34.2 Å². The van der Waals surface area contributed by atoms with Crippen molar-refractivity contribution in [1.82, 2.24) is 10.3 Å². The molecule has 110 valence electrons. The van der Waals surface area contributed by atoms with Crippen LogP contribution in [0.4, 0.5) is 0 Å². The zero-order valence-electron chi connectivity index (χ0n) is 12.4. The van der Waals surface area contributed by atoms with E-state index in [-0.39, 0.29) is 6.04 Å². The van der Waals surface area contributed by atoms with E-state index in [1.807, 2.05) is 24.4 Å². The molecule has 2 aromatic rings. The summed E-state index contributed by atoms with van der Waals surface area (Å²) in [5.41, 5.74) is 2.32. The van der Waals surface area contributed by atoms with Crippen LogP contribution in [0, 0.1) is 5.92 Å². The molecule has 3 atom stereocenters. The summed E-state index contributed by atoms with van der Waals surface area (Å²) in [6.45, 7) is 3.99. The summed E-state index contributed by atoms with van der Waals surface area (Å²) in [5, 5.41) is 3.75. The van der Waals surface area contributed by atoms with E-state index in [4.69, 9.17) is 4.74 Å². The molecule has 3 rings (SSSR count). The summed E-state index contributed by atoms with van der Waals surface area (Å²) >= 11 is 0. The third kappa shape index (κ3) is 3.49. The van der Waals surface area contributed by atoms with Gasteiger partial charge in [0.15, 0.2) is 0 Å². The number of rotatable bonds is 5. The summed E-state index contributed by atoms with van der Waals surface area (Å²) in [5.74, 6) is 0.583. The van der Waals surface area contributed by atoms with Gasteiger partial charge in [0.1, 0.15) is 0 Å². The van der Waals surface area contributed by atoms with Gasteiger partial charge in [-0.05, 0) is 37.0 Å². The minimum atomic E-state index is 0.128. The third-order valence-corrected chi connectivity index (χ3v) is 4.22. The lowest BCUT2D eigenvalue weighted by atomic mass is 9.96. The van der Waals surface area contributed by atoms with Crippen molar-refractivity contribution >= 4 is 0 Å². The molecule has 1 aliphatic rings. The van der Waals surface area contributed by atoms with Crippen LogP contribution in [0.1, 0.15) is 30.6 Å². The highest BCUT2D eigenvalue weighted by atomic mass is 16.5. The Morgan fingerprint density at radius 3 is 2.62 bits per heavy atom. The lowest BCUT2D eigenvalue weighted by Gasteiger charge is -2.26. The number of benzene rings is 1. The highest BCUT2D eigenvalue weighted by Crippen LogP contribution is 2.24. The van der Waals surface area contributed by atoms with Gasteiger partial charge in [-0.3, -0.25) is 4.98 Å². The molecule has 21 heavy (non-hydrogen) atoms. The van der Waals surface area contributed by atoms with Crippen LogP contribution in [0.3, 0.4) is 0 Å². The maximum atomic E-state index is 5.52. The monoisotopic (exact) mass is 282 g/mol. The molecule has 1 aromatic carbocycles. The molecule has 3 nitrogen and oxygen atoms in total. The van der Waals surface area contributed by atoms with Crippen molar-refractivity contribution in [2.75, 3.05) is 13.2 Å². The van der Waals surface area contributed by atoms with E-state index in [1.165, 1.54) is 5.56 Å². The predicted molar refractivity (Wildman–Crippen MR) is 84.0 cm³/mol. The second-order valence-corrected chi connectivity index (χ2v) is 5.68. The second kappa shape index (κ2) is 6.83. The summed E-state index contributed by atoms with van der Waals surface area (Å²) in [4.78, 5) is 4.54. The van der Waals surface area contributed by atoms with Gasteiger partial charge in [-0.1, -0.05) is 36.4 Å². The van der Waals surface area contributed by atoms with Crippen molar-refractivity contribution in [3.8, 4) is 0 Å². The Hall–Kier alpha value is -1.71. The van der Waals surface area contributed by atoms with Gasteiger partial charge in [-0.15, -0.1) is 0 Å². The van der Waals surface area contributed by atoms with Crippen molar-refractivity contribution in [2.45, 2.75) is 25.4 Å². The Kier molecular flexibility index (Phi) is 4.63. The molecule has 0 saturated carbocycles. The highest BCUT2D eigenvalue weighted by Gasteiger charge is 2.25. The minimum absolute atomic E-state index is 0.128. The molecule has 0 spiro atoms. The van der Waals surface area contributed by atoms with Gasteiger partial charge >= 0.3 is 0 Å². The maximum absolute atomic E-state index is 5.52. The van der Waals surface area contributed by atoms with Crippen LogP contribution in [0.15, 0.2) is 54.7 Å². The fourth-order valence-corrected chi connectivity index (χ4v) is 2.89. The van der Waals surface area contributed by atoms with Crippen molar-refractivity contribution in [3.63, 3.8) is 0 Å². The number of nitrogens with one attached hydrogen (secondary N) is 1. The highest BCUT2D eigenvalue weighted by molar-refractivity contribution is 5.27. The van der Waals surface area contributed by atoms with Crippen LogP contribution in [0.25, 0.3) is 0 Å². The van der Waals surface area contributed by atoms with Gasteiger partial charge in [-0.2, -0.15) is 0 Å². The molecular weight excluding hydrogens is 260 g/mol. The normalized spacial score (nSPS) is 21.1. The Balaban J connectivity index is 1.82. The van der Waals surface area contributed by atoms with Crippen LogP contribution < -0.4 is 5.32 Å². The zero-order chi connectivity index (χ0) is 14.5. The van der Waals surface area contributed by atoms with Crippen LogP contribution in [0.5, 0.6) is 0 Å². The van der Waals surface area contributed by atoms with E-state index in [1.54, 1.807) is 0 Å². The smallest absolute Gasteiger partial charge is 0.0753 e. The summed E-state index contributed by atoms with van der Waals surface area (Å²) in [7, 11) is 0. The Morgan fingerprint density at radius 2 is 1.95 bits per heavy atom. The first-order chi connectivity index (χ1) is 10.3. The number of nitrogens with zero attached hydrogens (tertiary/aromatic N) is 1. The van der Waals surface area contributed by atoms with Gasteiger partial charge in [0.2, 0.25) is 0 Å². The Bertz CT molecular complexity index is 498. The fourth-order valence-electron chi connectivity index (χ4n) is 2.89. The Labute approximate surface area is 126 Å². The van der Waals surface area contributed by atoms with Crippen molar-refractivity contribution in [3.05, 3.63) is 66.0 Å². The number of aromatic nitrogens is 1. The number of hydrogen-bond donors (Lipinski definition) is 1. The molecule has 1 aliphatic heterocycles. The van der Waals surface area contributed by atoms with Gasteiger partial charge in [0.05, 0.1) is 18.3 Å². The number of hydrogen-bond acceptors (Lipinski definition) is 3. The molecule has 1 fully saturated rings. The lowest BCUT2D eigenvalue weighted by molar-refractivity contribution is 0.177. The summed E-state index contributed by atoms with van der Waals surface area (Å²) in [6, 6.07) is 17.1. The molecule has 3 heteroatoms. The van der Waals surface area contributed by atoms with Gasteiger partial charge in [-0.25, -0.2) is 0 Å². The number of pyridine rings is 1. The molecule has 1 N–H and O–H groups in total. The second-order valence-electron chi connectivity index (χ2n) is 5.68. The minimum Gasteiger partial charge on any atom is -0.381 e. The van der Waals surface area contributed by atoms with E-state index in [2.05, 4.69) is 47.6 Å². The molecule has 2 heterocycles. The molecular formula is C18H22N2O. The van der Waals surface area contributed by atoms with Crippen LogP contribution in [-0.4, -0.2) is 24.2 Å². The fraction of sp³-hybridized carbons (Fsp3) is 0.389. The molecule has 1 saturated heterocycles. The summed E-state index contributed by atoms with van der Waals surface area (Å²) < 4.78 is 5.52. The molecule has 0 aliphatic carbocycles. The van der Waals surface area contributed by atoms with Crippen molar-refractivity contribution in [1.29, 1.82) is 0 Å². The first-order valence-corrected chi connectivity index (χ1v) is 7.64. The average molecular weight is 282 g/mol. The molecule has 0 amide bonds. The molecule has 1 aromatic heterocycles. The van der Waals surface area contributed by atoms with Gasteiger partial charge in [0, 0.05) is 18.8 Å². The van der Waals surface area contributed by atoms with Crippen molar-refractivity contribution < 1.29 is 4.74 Å². The number of ether oxygens (including phenoxy) is 1. The molecule has 0 radical (unpaired) electrons. The van der Waals surface area contributed by atoms with E-state index < -0.39 is 0 Å². The van der Waals surface area contributed by atoms with E-state index >= 15 is 0 Å². The van der Waals surface area contributed by atoms with Gasteiger partial charge in [0.25, 0.3) is 0 Å². The van der Waals surface area contributed by atoms with E-state index in [0.29, 0.717) is 12.0 Å². The zero-order valence-corrected chi connectivity index (χ0v) is 12.4. The first kappa shape index (κ1) is 14.2. The van der Waals surface area contributed by atoms with Crippen LogP contribution in [0.2, 0.25) is 0 Å². The predicted octanol–water partition coefficient (Wildman–Crippen LogP) is 3.19. The third-order valence-electron chi connectivity index (χ3n) is 4.22. The first-order valence-electron chi connectivity index (χ1n) is 7.64. The van der Waals surface area contributed by atoms with Gasteiger partial charge < -0.3 is 10.1 Å². The largest absolute Gasteiger partial charge is 0.381 e. The lowest BCUT2D eigenvalue weighted by Crippen LogP contribution is -2.37. The van der Waals surface area contributed by atoms with E-state index in [0.717, 1.165) is 25.3 Å². The van der Waals surface area contributed by atoms with E-state index in [9.17, 15) is 0 Å². The van der Waals surface area contributed by atoms with Crippen LogP contribution >= 0.6 is 0 Å². The quantitative estimate of drug-likeness (QED) is 0.914. The Morgan fingerprint density at radius 1 is 1.14 bits per heavy atom. The van der Waals surface area contributed by atoms with Crippen LogP contribution in [-0.2, 0) is 4.74 Å². The average Bonchev–Trinajstić information content (AvgIpc) is 3.09. The summed E-state index contributed by atoms with van der Waals surface area (Å²) in [6.07, 6.45) is 2.99. The molecule has 0 bridgehead atoms. The van der Waals surface area contributed by atoms with Crippen molar-refractivity contribution in [2.24, 2.45) is 5.92 Å². The SMILES string of the molecule is CC(NC(c1ccccc1)c1ccccn1)C1CCOC1. The maximum Gasteiger partial charge on any atom is 0.0753 e. The standard InChI is InChI=1S/C18H22N2O/c1-14(16-10-12-21-13-16)20-18(15-7-3-2-4-8-15)17-9-5-6-11-19-17/h2-9,11,14,16,18,20H,10,12-13H2,1H3. The molecule has 3 unspecified atom stereocenters.